The lowest BCUT2D eigenvalue weighted by molar-refractivity contribution is 0.0823. The van der Waals surface area contributed by atoms with Crippen molar-refractivity contribution < 1.29 is 4.79 Å². The maximum atomic E-state index is 11.7. The Morgan fingerprint density at radius 3 is 2.85 bits per heavy atom. The summed E-state index contributed by atoms with van der Waals surface area (Å²) in [6.45, 7) is 3.85. The molecule has 13 heavy (non-hydrogen) atoms. The summed E-state index contributed by atoms with van der Waals surface area (Å²) in [5, 5.41) is 0. The molecule has 2 heteroatoms. The molecular weight excluding hydrogens is 162 g/mol. The molecule has 2 nitrogen and oxygen atoms in total. The van der Waals surface area contributed by atoms with Crippen LogP contribution in [0.2, 0.25) is 0 Å². The first-order valence-corrected chi connectivity index (χ1v) is 4.24. The van der Waals surface area contributed by atoms with Crippen LogP contribution in [-0.4, -0.2) is 17.9 Å². The molecule has 0 spiro atoms. The van der Waals surface area contributed by atoms with Crippen molar-refractivity contribution in [2.75, 3.05) is 7.05 Å². The Morgan fingerprint density at radius 1 is 1.38 bits per heavy atom. The summed E-state index contributed by atoms with van der Waals surface area (Å²) in [6, 6.07) is 7.68. The Labute approximate surface area is 77.5 Å². The molecule has 66 valence electrons. The number of hydrogen-bond acceptors (Lipinski definition) is 1. The fourth-order valence-electron chi connectivity index (χ4n) is 1.55. The number of likely N-dealkylation sites (N-methyl/N-ethyl adjacent to an activating group) is 1. The van der Waals surface area contributed by atoms with E-state index in [-0.39, 0.29) is 5.91 Å². The summed E-state index contributed by atoms with van der Waals surface area (Å²) in [7, 11) is 1.76. The Morgan fingerprint density at radius 2 is 2.08 bits per heavy atom. The van der Waals surface area contributed by atoms with Crippen LogP contribution in [0.4, 0.5) is 0 Å². The fourth-order valence-corrected chi connectivity index (χ4v) is 1.55. The van der Waals surface area contributed by atoms with E-state index < -0.39 is 0 Å². The van der Waals surface area contributed by atoms with E-state index in [9.17, 15) is 4.79 Å². The van der Waals surface area contributed by atoms with Crippen LogP contribution in [-0.2, 0) is 6.42 Å². The van der Waals surface area contributed by atoms with Gasteiger partial charge in [-0.1, -0.05) is 24.8 Å². The molecule has 1 aliphatic heterocycles. The highest BCUT2D eigenvalue weighted by Gasteiger charge is 2.23. The SMILES string of the molecule is C=C1Cc2ccccc2C(=O)N1C. The molecule has 0 fully saturated rings. The predicted octanol–water partition coefficient (Wildman–Crippen LogP) is 1.83. The molecule has 0 saturated carbocycles. The van der Waals surface area contributed by atoms with Crippen molar-refractivity contribution in [2.24, 2.45) is 0 Å². The quantitative estimate of drug-likeness (QED) is 0.586. The van der Waals surface area contributed by atoms with E-state index >= 15 is 0 Å². The topological polar surface area (TPSA) is 20.3 Å². The van der Waals surface area contributed by atoms with Gasteiger partial charge in [-0.2, -0.15) is 0 Å². The van der Waals surface area contributed by atoms with E-state index in [1.165, 1.54) is 0 Å². The van der Waals surface area contributed by atoms with E-state index in [1.54, 1.807) is 11.9 Å². The van der Waals surface area contributed by atoms with Crippen molar-refractivity contribution in [3.05, 3.63) is 47.7 Å². The summed E-state index contributed by atoms with van der Waals surface area (Å²) in [5.41, 5.74) is 2.75. The van der Waals surface area contributed by atoms with Gasteiger partial charge in [0.25, 0.3) is 5.91 Å². The van der Waals surface area contributed by atoms with Gasteiger partial charge in [0.2, 0.25) is 0 Å². The van der Waals surface area contributed by atoms with Gasteiger partial charge in [0.1, 0.15) is 0 Å². The van der Waals surface area contributed by atoms with E-state index in [4.69, 9.17) is 0 Å². The molecule has 0 atom stereocenters. The molecule has 1 amide bonds. The molecule has 0 N–H and O–H groups in total. The third-order valence-corrected chi connectivity index (χ3v) is 2.42. The van der Waals surface area contributed by atoms with Crippen molar-refractivity contribution >= 4 is 5.91 Å². The molecule has 1 aliphatic rings. The van der Waals surface area contributed by atoms with E-state index in [0.29, 0.717) is 0 Å². The Hall–Kier alpha value is -1.57. The van der Waals surface area contributed by atoms with Crippen molar-refractivity contribution in [3.8, 4) is 0 Å². The Kier molecular flexibility index (Phi) is 1.69. The lowest BCUT2D eigenvalue weighted by Gasteiger charge is -2.26. The number of hydrogen-bond donors (Lipinski definition) is 0. The zero-order valence-corrected chi connectivity index (χ0v) is 7.58. The van der Waals surface area contributed by atoms with Crippen LogP contribution in [0.3, 0.4) is 0 Å². The van der Waals surface area contributed by atoms with Crippen LogP contribution in [0.1, 0.15) is 15.9 Å². The first-order valence-electron chi connectivity index (χ1n) is 4.24. The van der Waals surface area contributed by atoms with Gasteiger partial charge in [-0.05, 0) is 11.6 Å². The number of carbonyl (C=O) groups excluding carboxylic acids is 1. The van der Waals surface area contributed by atoms with Crippen molar-refractivity contribution in [3.63, 3.8) is 0 Å². The van der Waals surface area contributed by atoms with Crippen molar-refractivity contribution in [1.82, 2.24) is 4.90 Å². The van der Waals surface area contributed by atoms with E-state index in [1.807, 2.05) is 24.3 Å². The monoisotopic (exact) mass is 173 g/mol. The van der Waals surface area contributed by atoms with Crippen LogP contribution in [0.25, 0.3) is 0 Å². The maximum Gasteiger partial charge on any atom is 0.258 e. The second-order valence-electron chi connectivity index (χ2n) is 3.26. The Bertz CT molecular complexity index is 381. The molecule has 1 heterocycles. The highest BCUT2D eigenvalue weighted by Crippen LogP contribution is 2.22. The van der Waals surface area contributed by atoms with Crippen LogP contribution in [0.5, 0.6) is 0 Å². The maximum absolute atomic E-state index is 11.7. The fraction of sp³-hybridized carbons (Fsp3) is 0.182. The van der Waals surface area contributed by atoms with Gasteiger partial charge in [-0.3, -0.25) is 4.79 Å². The number of nitrogens with zero attached hydrogens (tertiary/aromatic N) is 1. The van der Waals surface area contributed by atoms with Gasteiger partial charge in [0.05, 0.1) is 0 Å². The lowest BCUT2D eigenvalue weighted by Crippen LogP contribution is -2.31. The zero-order valence-electron chi connectivity index (χ0n) is 7.58. The largest absolute Gasteiger partial charge is 0.315 e. The third kappa shape index (κ3) is 1.15. The van der Waals surface area contributed by atoms with Gasteiger partial charge in [0, 0.05) is 24.7 Å². The molecule has 2 rings (SSSR count). The van der Waals surface area contributed by atoms with E-state index in [2.05, 4.69) is 6.58 Å². The molecule has 0 unspecified atom stereocenters. The van der Waals surface area contributed by atoms with Gasteiger partial charge in [-0.25, -0.2) is 0 Å². The second-order valence-corrected chi connectivity index (χ2v) is 3.26. The molecule has 1 aromatic carbocycles. The highest BCUT2D eigenvalue weighted by molar-refractivity contribution is 5.98. The second kappa shape index (κ2) is 2.73. The van der Waals surface area contributed by atoms with Gasteiger partial charge >= 0.3 is 0 Å². The smallest absolute Gasteiger partial charge is 0.258 e. The summed E-state index contributed by atoms with van der Waals surface area (Å²) in [6.07, 6.45) is 0.776. The average molecular weight is 173 g/mol. The summed E-state index contributed by atoms with van der Waals surface area (Å²) in [5.74, 6) is 0.0480. The summed E-state index contributed by atoms with van der Waals surface area (Å²) in [4.78, 5) is 13.3. The number of carbonyl (C=O) groups is 1. The molecular formula is C11H11NO. The zero-order chi connectivity index (χ0) is 9.42. The lowest BCUT2D eigenvalue weighted by atomic mass is 9.98. The van der Waals surface area contributed by atoms with Crippen LogP contribution in [0, 0.1) is 0 Å². The first kappa shape index (κ1) is 8.05. The number of amides is 1. The van der Waals surface area contributed by atoms with Gasteiger partial charge in [-0.15, -0.1) is 0 Å². The minimum Gasteiger partial charge on any atom is -0.315 e. The first-order chi connectivity index (χ1) is 6.20. The van der Waals surface area contributed by atoms with Crippen molar-refractivity contribution in [2.45, 2.75) is 6.42 Å². The van der Waals surface area contributed by atoms with Gasteiger partial charge in [0.15, 0.2) is 0 Å². The minimum absolute atomic E-state index is 0.0480. The Balaban J connectivity index is 2.55. The summed E-state index contributed by atoms with van der Waals surface area (Å²) < 4.78 is 0. The molecule has 0 aliphatic carbocycles. The minimum atomic E-state index is 0.0480. The predicted molar refractivity (Wildman–Crippen MR) is 51.4 cm³/mol. The molecule has 0 saturated heterocycles. The molecule has 0 radical (unpaired) electrons. The molecule has 0 aromatic heterocycles. The van der Waals surface area contributed by atoms with E-state index in [0.717, 1.165) is 23.2 Å². The molecule has 1 aromatic rings. The average Bonchev–Trinajstić information content (AvgIpc) is 2.15. The normalized spacial score (nSPS) is 15.9. The number of fused-ring (bicyclic) bond motifs is 1. The van der Waals surface area contributed by atoms with Crippen molar-refractivity contribution in [1.29, 1.82) is 0 Å². The van der Waals surface area contributed by atoms with Crippen LogP contribution in [0.15, 0.2) is 36.5 Å². The van der Waals surface area contributed by atoms with Crippen LogP contribution >= 0.6 is 0 Å². The standard InChI is InChI=1S/C11H11NO/c1-8-7-9-5-3-4-6-10(9)11(13)12(8)2/h3-6H,1,7H2,2H3. The third-order valence-electron chi connectivity index (χ3n) is 2.42. The highest BCUT2D eigenvalue weighted by atomic mass is 16.2. The number of benzene rings is 1. The molecule has 0 bridgehead atoms. The number of allylic oxidation sites excluding steroid dienone is 1. The van der Waals surface area contributed by atoms with Gasteiger partial charge < -0.3 is 4.90 Å². The number of rotatable bonds is 0. The van der Waals surface area contributed by atoms with Crippen LogP contribution < -0.4 is 0 Å². The summed E-state index contributed by atoms with van der Waals surface area (Å²) >= 11 is 0.